The maximum absolute atomic E-state index is 13.5. The largest absolute Gasteiger partial charge is 0.369 e. The fourth-order valence-corrected chi connectivity index (χ4v) is 5.31. The number of amides is 2. The van der Waals surface area contributed by atoms with Gasteiger partial charge in [0.25, 0.3) is 11.5 Å². The summed E-state index contributed by atoms with van der Waals surface area (Å²) in [4.78, 5) is 46.5. The van der Waals surface area contributed by atoms with E-state index in [-0.39, 0.29) is 23.3 Å². The Bertz CT molecular complexity index is 1180. The highest BCUT2D eigenvalue weighted by Gasteiger charge is 2.32. The number of fused-ring (bicyclic) bond motifs is 1. The highest BCUT2D eigenvalue weighted by Crippen LogP contribution is 2.34. The second-order valence-corrected chi connectivity index (χ2v) is 9.30. The van der Waals surface area contributed by atoms with Gasteiger partial charge in [-0.25, -0.2) is 4.98 Å². The first-order valence-corrected chi connectivity index (χ1v) is 11.4. The molecule has 2 aromatic rings. The standard InChI is InChI=1S/C21H23N5O3S2/c1-3-25-20(29)15(31-21(25)30)11-14-18(24-9-6-13(7-10-24)16(22)27)23-17-12(2)5-4-8-26(17)19(14)28/h4-5,8,11,13H,3,6-7,9-10H2,1-2H3,(H2,22,27)/b15-11-. The Balaban J connectivity index is 1.85. The lowest BCUT2D eigenvalue weighted by Crippen LogP contribution is -2.40. The molecule has 10 heteroatoms. The highest BCUT2D eigenvalue weighted by atomic mass is 32.2. The van der Waals surface area contributed by atoms with Gasteiger partial charge >= 0.3 is 0 Å². The third-order valence-electron chi connectivity index (χ3n) is 5.73. The summed E-state index contributed by atoms with van der Waals surface area (Å²) in [6.45, 7) is 5.34. The Morgan fingerprint density at radius 2 is 2.06 bits per heavy atom. The minimum absolute atomic E-state index is 0.177. The van der Waals surface area contributed by atoms with Gasteiger partial charge in [-0.05, 0) is 44.4 Å². The topological polar surface area (TPSA) is 101 Å². The SMILES string of the molecule is CCN1C(=O)/C(=C/c2c(N3CCC(C(N)=O)CC3)nc3c(C)cccn3c2=O)SC1=S. The molecular weight excluding hydrogens is 434 g/mol. The van der Waals surface area contributed by atoms with Crippen LogP contribution in [0.1, 0.15) is 30.9 Å². The summed E-state index contributed by atoms with van der Waals surface area (Å²) in [6, 6.07) is 3.70. The Labute approximate surface area is 189 Å². The molecule has 4 rings (SSSR count). The number of hydrogen-bond acceptors (Lipinski definition) is 7. The van der Waals surface area contributed by atoms with Crippen molar-refractivity contribution < 1.29 is 9.59 Å². The summed E-state index contributed by atoms with van der Waals surface area (Å²) >= 11 is 6.50. The number of rotatable bonds is 4. The monoisotopic (exact) mass is 457 g/mol. The fraction of sp³-hybridized carbons (Fsp3) is 0.381. The van der Waals surface area contributed by atoms with E-state index < -0.39 is 0 Å². The van der Waals surface area contributed by atoms with Crippen molar-refractivity contribution in [3.8, 4) is 0 Å². The molecule has 0 spiro atoms. The Kier molecular flexibility index (Phi) is 5.85. The Morgan fingerprint density at radius 1 is 1.35 bits per heavy atom. The van der Waals surface area contributed by atoms with Gasteiger partial charge < -0.3 is 10.6 Å². The zero-order chi connectivity index (χ0) is 22.3. The first kappa shape index (κ1) is 21.5. The smallest absolute Gasteiger partial charge is 0.267 e. The van der Waals surface area contributed by atoms with Crippen molar-refractivity contribution >= 4 is 57.7 Å². The number of nitrogens with two attached hydrogens (primary N) is 1. The minimum Gasteiger partial charge on any atom is -0.369 e. The molecule has 2 N–H and O–H groups in total. The van der Waals surface area contributed by atoms with Crippen LogP contribution in [-0.4, -0.2) is 50.1 Å². The Morgan fingerprint density at radius 3 is 2.68 bits per heavy atom. The third-order valence-corrected chi connectivity index (χ3v) is 7.10. The van der Waals surface area contributed by atoms with Crippen molar-refractivity contribution in [1.29, 1.82) is 0 Å². The number of nitrogens with zero attached hydrogens (tertiary/aromatic N) is 4. The number of piperidine rings is 1. The first-order valence-electron chi connectivity index (χ1n) is 10.1. The molecule has 2 aliphatic rings. The van der Waals surface area contributed by atoms with E-state index in [0.29, 0.717) is 58.7 Å². The minimum atomic E-state index is -0.300. The summed E-state index contributed by atoms with van der Waals surface area (Å²) in [5.41, 5.74) is 7.01. The number of anilines is 1. The van der Waals surface area contributed by atoms with Crippen molar-refractivity contribution in [3.05, 3.63) is 44.7 Å². The van der Waals surface area contributed by atoms with Gasteiger partial charge in [-0.15, -0.1) is 0 Å². The number of primary amides is 1. The van der Waals surface area contributed by atoms with Crippen LogP contribution in [-0.2, 0) is 9.59 Å². The van der Waals surface area contributed by atoms with E-state index in [1.807, 2.05) is 24.8 Å². The average molecular weight is 458 g/mol. The molecule has 2 aromatic heterocycles. The summed E-state index contributed by atoms with van der Waals surface area (Å²) in [6.07, 6.45) is 4.48. The van der Waals surface area contributed by atoms with Crippen molar-refractivity contribution in [2.75, 3.05) is 24.5 Å². The molecule has 2 saturated heterocycles. The van der Waals surface area contributed by atoms with Crippen LogP contribution in [0.15, 0.2) is 28.0 Å². The highest BCUT2D eigenvalue weighted by molar-refractivity contribution is 8.26. The molecule has 0 radical (unpaired) electrons. The van der Waals surface area contributed by atoms with E-state index in [4.69, 9.17) is 22.9 Å². The molecule has 2 amide bonds. The van der Waals surface area contributed by atoms with Crippen LogP contribution < -0.4 is 16.2 Å². The predicted molar refractivity (Wildman–Crippen MR) is 126 cm³/mol. The van der Waals surface area contributed by atoms with Gasteiger partial charge in [0.1, 0.15) is 15.8 Å². The van der Waals surface area contributed by atoms with Crippen LogP contribution in [0.5, 0.6) is 0 Å². The van der Waals surface area contributed by atoms with Gasteiger partial charge in [0.2, 0.25) is 5.91 Å². The van der Waals surface area contributed by atoms with Gasteiger partial charge in [-0.3, -0.25) is 23.7 Å². The molecule has 31 heavy (non-hydrogen) atoms. The zero-order valence-electron chi connectivity index (χ0n) is 17.3. The van der Waals surface area contributed by atoms with E-state index in [1.54, 1.807) is 18.3 Å². The molecule has 162 valence electrons. The van der Waals surface area contributed by atoms with Crippen molar-refractivity contribution in [2.24, 2.45) is 11.7 Å². The van der Waals surface area contributed by atoms with E-state index in [1.165, 1.54) is 21.1 Å². The molecule has 8 nitrogen and oxygen atoms in total. The van der Waals surface area contributed by atoms with Gasteiger partial charge in [-0.1, -0.05) is 30.0 Å². The maximum Gasteiger partial charge on any atom is 0.267 e. The second kappa shape index (κ2) is 8.43. The normalized spacial score (nSPS) is 19.1. The van der Waals surface area contributed by atoms with Crippen molar-refractivity contribution in [3.63, 3.8) is 0 Å². The van der Waals surface area contributed by atoms with Crippen molar-refractivity contribution in [2.45, 2.75) is 26.7 Å². The van der Waals surface area contributed by atoms with E-state index >= 15 is 0 Å². The van der Waals surface area contributed by atoms with E-state index in [0.717, 1.165) is 5.56 Å². The van der Waals surface area contributed by atoms with Crippen molar-refractivity contribution in [1.82, 2.24) is 14.3 Å². The zero-order valence-corrected chi connectivity index (χ0v) is 19.0. The molecular formula is C21H23N5O3S2. The fourth-order valence-electron chi connectivity index (χ4n) is 3.95. The lowest BCUT2D eigenvalue weighted by atomic mass is 9.96. The number of pyridine rings is 1. The average Bonchev–Trinajstić information content (AvgIpc) is 3.02. The number of likely N-dealkylation sites (N-methyl/N-ethyl adjacent to an activating group) is 1. The van der Waals surface area contributed by atoms with Crippen LogP contribution in [0, 0.1) is 12.8 Å². The number of aryl methyl sites for hydroxylation is 1. The van der Waals surface area contributed by atoms with Crippen LogP contribution >= 0.6 is 24.0 Å². The molecule has 0 atom stereocenters. The summed E-state index contributed by atoms with van der Waals surface area (Å²) in [7, 11) is 0. The van der Waals surface area contributed by atoms with Gasteiger partial charge in [0.05, 0.1) is 10.5 Å². The van der Waals surface area contributed by atoms with Crippen LogP contribution in [0.25, 0.3) is 11.7 Å². The Hall–Kier alpha value is -2.72. The molecule has 0 aliphatic carbocycles. The number of hydrogen-bond donors (Lipinski definition) is 1. The summed E-state index contributed by atoms with van der Waals surface area (Å²) in [5.74, 6) is -0.164. The van der Waals surface area contributed by atoms with Crippen LogP contribution in [0.4, 0.5) is 5.82 Å². The summed E-state index contributed by atoms with van der Waals surface area (Å²) in [5, 5.41) is 0. The van der Waals surface area contributed by atoms with Gasteiger partial charge in [0.15, 0.2) is 0 Å². The predicted octanol–water partition coefficient (Wildman–Crippen LogP) is 1.93. The van der Waals surface area contributed by atoms with Gasteiger partial charge in [-0.2, -0.15) is 0 Å². The summed E-state index contributed by atoms with van der Waals surface area (Å²) < 4.78 is 1.98. The van der Waals surface area contributed by atoms with Gasteiger partial charge in [0, 0.05) is 31.7 Å². The quantitative estimate of drug-likeness (QED) is 0.553. The maximum atomic E-state index is 13.5. The second-order valence-electron chi connectivity index (χ2n) is 7.63. The number of aromatic nitrogens is 2. The lowest BCUT2D eigenvalue weighted by Gasteiger charge is -2.32. The number of carbonyl (C=O) groups is 2. The van der Waals surface area contributed by atoms with Crippen LogP contribution in [0.2, 0.25) is 0 Å². The number of thiocarbonyl (C=S) groups is 1. The third kappa shape index (κ3) is 3.85. The van der Waals surface area contributed by atoms with E-state index in [2.05, 4.69) is 0 Å². The number of carbonyl (C=O) groups excluding carboxylic acids is 2. The molecule has 2 fully saturated rings. The molecule has 2 aliphatic heterocycles. The molecule has 4 heterocycles. The molecule has 0 saturated carbocycles. The first-order chi connectivity index (χ1) is 14.8. The van der Waals surface area contributed by atoms with Crippen LogP contribution in [0.3, 0.4) is 0 Å². The molecule has 0 aromatic carbocycles. The molecule has 0 bridgehead atoms. The lowest BCUT2D eigenvalue weighted by molar-refractivity contribution is -0.123. The van der Waals surface area contributed by atoms with E-state index in [9.17, 15) is 14.4 Å². The molecule has 0 unspecified atom stereocenters. The number of thioether (sulfide) groups is 1.